The second kappa shape index (κ2) is 5.05. The fourth-order valence-corrected chi connectivity index (χ4v) is 3.06. The van der Waals surface area contributed by atoms with Crippen LogP contribution in [0.5, 0.6) is 0 Å². The summed E-state index contributed by atoms with van der Waals surface area (Å²) in [6.45, 7) is 4.53. The summed E-state index contributed by atoms with van der Waals surface area (Å²) in [4.78, 5) is 2.51. The van der Waals surface area contributed by atoms with E-state index < -0.39 is 0 Å². The van der Waals surface area contributed by atoms with Crippen molar-refractivity contribution in [3.8, 4) is 0 Å². The lowest BCUT2D eigenvalue weighted by molar-refractivity contribution is 0.683. The van der Waals surface area contributed by atoms with Crippen LogP contribution in [0.2, 0.25) is 0 Å². The maximum absolute atomic E-state index is 3.58. The van der Waals surface area contributed by atoms with Crippen LogP contribution in [-0.4, -0.2) is 13.1 Å². The molecule has 2 aliphatic heterocycles. The van der Waals surface area contributed by atoms with Crippen molar-refractivity contribution < 1.29 is 0 Å². The van der Waals surface area contributed by atoms with Crippen molar-refractivity contribution in [2.75, 3.05) is 18.0 Å². The molecule has 1 N–H and O–H groups in total. The van der Waals surface area contributed by atoms with Crippen LogP contribution < -0.4 is 10.2 Å². The van der Waals surface area contributed by atoms with Gasteiger partial charge in [0.2, 0.25) is 0 Å². The highest BCUT2D eigenvalue weighted by atomic mass is 15.3. The van der Waals surface area contributed by atoms with Gasteiger partial charge < -0.3 is 10.2 Å². The van der Waals surface area contributed by atoms with Gasteiger partial charge in [-0.3, -0.25) is 0 Å². The van der Waals surface area contributed by atoms with Crippen LogP contribution in [0.3, 0.4) is 0 Å². The molecule has 0 bridgehead atoms. The summed E-state index contributed by atoms with van der Waals surface area (Å²) >= 11 is 0. The molecule has 18 heavy (non-hydrogen) atoms. The van der Waals surface area contributed by atoms with E-state index in [2.05, 4.69) is 41.4 Å². The van der Waals surface area contributed by atoms with E-state index in [-0.39, 0.29) is 0 Å². The van der Waals surface area contributed by atoms with Crippen molar-refractivity contribution in [1.82, 2.24) is 5.32 Å². The molecule has 0 unspecified atom stereocenters. The first-order chi connectivity index (χ1) is 8.90. The fraction of sp³-hybridized carbons (Fsp3) is 0.500. The largest absolute Gasteiger partial charge is 0.371 e. The Morgan fingerprint density at radius 1 is 1.22 bits per heavy atom. The van der Waals surface area contributed by atoms with Crippen molar-refractivity contribution in [1.29, 1.82) is 0 Å². The lowest BCUT2D eigenvalue weighted by atomic mass is 9.97. The van der Waals surface area contributed by atoms with Gasteiger partial charge in [-0.15, -0.1) is 0 Å². The van der Waals surface area contributed by atoms with Gasteiger partial charge in [-0.2, -0.15) is 0 Å². The van der Waals surface area contributed by atoms with Gasteiger partial charge in [0.05, 0.1) is 0 Å². The molecular weight excluding hydrogens is 220 g/mol. The van der Waals surface area contributed by atoms with E-state index in [0.717, 1.165) is 19.5 Å². The number of unbranched alkanes of at least 4 members (excludes halogenated alkanes) is 2. The van der Waals surface area contributed by atoms with Crippen molar-refractivity contribution in [3.05, 3.63) is 41.2 Å². The molecule has 2 nitrogen and oxygen atoms in total. The molecule has 0 radical (unpaired) electrons. The molecule has 0 fully saturated rings. The summed E-state index contributed by atoms with van der Waals surface area (Å²) in [5, 5.41) is 3.58. The van der Waals surface area contributed by atoms with Crippen molar-refractivity contribution in [3.63, 3.8) is 0 Å². The van der Waals surface area contributed by atoms with E-state index in [4.69, 9.17) is 0 Å². The zero-order valence-electron chi connectivity index (χ0n) is 11.2. The number of hydrogen-bond acceptors (Lipinski definition) is 2. The molecule has 2 heteroatoms. The van der Waals surface area contributed by atoms with Gasteiger partial charge in [0.1, 0.15) is 5.82 Å². The molecule has 0 saturated carbocycles. The first-order valence-electron chi connectivity index (χ1n) is 7.21. The highest BCUT2D eigenvalue weighted by Crippen LogP contribution is 2.35. The zero-order chi connectivity index (χ0) is 12.4. The van der Waals surface area contributed by atoms with Gasteiger partial charge >= 0.3 is 0 Å². The van der Waals surface area contributed by atoms with Gasteiger partial charge in [0.25, 0.3) is 0 Å². The van der Waals surface area contributed by atoms with Crippen molar-refractivity contribution in [2.45, 2.75) is 39.0 Å². The van der Waals surface area contributed by atoms with Crippen molar-refractivity contribution in [2.24, 2.45) is 0 Å². The summed E-state index contributed by atoms with van der Waals surface area (Å²) in [6.07, 6.45) is 6.25. The van der Waals surface area contributed by atoms with Crippen LogP contribution in [0.4, 0.5) is 5.69 Å². The molecule has 2 aliphatic rings. The van der Waals surface area contributed by atoms with E-state index in [1.54, 1.807) is 5.57 Å². The number of anilines is 1. The molecule has 0 saturated heterocycles. The molecule has 3 rings (SSSR count). The molecule has 2 heterocycles. The zero-order valence-corrected chi connectivity index (χ0v) is 11.2. The molecule has 96 valence electrons. The minimum atomic E-state index is 1.11. The van der Waals surface area contributed by atoms with Crippen molar-refractivity contribution >= 4 is 5.69 Å². The van der Waals surface area contributed by atoms with E-state index in [9.17, 15) is 0 Å². The van der Waals surface area contributed by atoms with Crippen LogP contribution in [0.15, 0.2) is 35.7 Å². The lowest BCUT2D eigenvalue weighted by Gasteiger charge is -2.33. The SMILES string of the molecule is CCCCCN1C2=C(CCN2)Cc2ccccc21. The van der Waals surface area contributed by atoms with Crippen LogP contribution in [0.25, 0.3) is 0 Å². The summed E-state index contributed by atoms with van der Waals surface area (Å²) < 4.78 is 0. The lowest BCUT2D eigenvalue weighted by Crippen LogP contribution is -2.33. The third kappa shape index (κ3) is 2.00. The normalized spacial score (nSPS) is 17.5. The highest BCUT2D eigenvalue weighted by Gasteiger charge is 2.27. The minimum absolute atomic E-state index is 1.11. The smallest absolute Gasteiger partial charge is 0.105 e. The maximum Gasteiger partial charge on any atom is 0.105 e. The topological polar surface area (TPSA) is 15.3 Å². The van der Waals surface area contributed by atoms with Crippen LogP contribution in [0, 0.1) is 0 Å². The van der Waals surface area contributed by atoms with Gasteiger partial charge in [-0.25, -0.2) is 0 Å². The number of fused-ring (bicyclic) bond motifs is 1. The summed E-state index contributed by atoms with van der Waals surface area (Å²) in [5.74, 6) is 1.41. The van der Waals surface area contributed by atoms with Gasteiger partial charge in [0.15, 0.2) is 0 Å². The number of rotatable bonds is 4. The van der Waals surface area contributed by atoms with Crippen LogP contribution in [0.1, 0.15) is 38.2 Å². The Hall–Kier alpha value is -1.44. The molecular formula is C16H22N2. The first kappa shape index (κ1) is 11.6. The third-order valence-electron chi connectivity index (χ3n) is 4.00. The Morgan fingerprint density at radius 3 is 3.00 bits per heavy atom. The van der Waals surface area contributed by atoms with Gasteiger partial charge in [-0.05, 0) is 36.5 Å². The van der Waals surface area contributed by atoms with Crippen LogP contribution in [-0.2, 0) is 6.42 Å². The molecule has 0 amide bonds. The van der Waals surface area contributed by atoms with E-state index in [1.807, 2.05) is 0 Å². The average Bonchev–Trinajstić information content (AvgIpc) is 2.86. The number of benzene rings is 1. The Bertz CT molecular complexity index is 462. The quantitative estimate of drug-likeness (QED) is 0.814. The molecule has 0 atom stereocenters. The summed E-state index contributed by atoms with van der Waals surface area (Å²) in [7, 11) is 0. The van der Waals surface area contributed by atoms with E-state index in [1.165, 1.54) is 42.8 Å². The van der Waals surface area contributed by atoms with E-state index in [0.29, 0.717) is 0 Å². The summed E-state index contributed by atoms with van der Waals surface area (Å²) in [5.41, 5.74) is 4.52. The average molecular weight is 242 g/mol. The van der Waals surface area contributed by atoms with Crippen LogP contribution >= 0.6 is 0 Å². The Labute approximate surface area is 110 Å². The van der Waals surface area contributed by atoms with Gasteiger partial charge in [0, 0.05) is 18.8 Å². The number of para-hydroxylation sites is 1. The number of hydrogen-bond donors (Lipinski definition) is 1. The third-order valence-corrected chi connectivity index (χ3v) is 4.00. The second-order valence-corrected chi connectivity index (χ2v) is 5.29. The summed E-state index contributed by atoms with van der Waals surface area (Å²) in [6, 6.07) is 8.87. The predicted octanol–water partition coefficient (Wildman–Crippen LogP) is 3.44. The number of nitrogens with one attached hydrogen (secondary N) is 1. The molecule has 1 aromatic rings. The van der Waals surface area contributed by atoms with E-state index >= 15 is 0 Å². The molecule has 0 aliphatic carbocycles. The number of nitrogens with zero attached hydrogens (tertiary/aromatic N) is 1. The molecule has 1 aromatic carbocycles. The highest BCUT2D eigenvalue weighted by molar-refractivity contribution is 5.63. The Balaban J connectivity index is 1.88. The Kier molecular flexibility index (Phi) is 3.26. The Morgan fingerprint density at radius 2 is 2.11 bits per heavy atom. The standard InChI is InChI=1S/C16H22N2/c1-2-3-6-11-18-15-8-5-4-7-13(15)12-14-9-10-17-16(14)18/h4-5,7-8,17H,2-3,6,9-12H2,1H3. The predicted molar refractivity (Wildman–Crippen MR) is 76.7 cm³/mol. The fourth-order valence-electron chi connectivity index (χ4n) is 3.06. The molecule has 0 spiro atoms. The van der Waals surface area contributed by atoms with Gasteiger partial charge in [-0.1, -0.05) is 38.0 Å². The maximum atomic E-state index is 3.58. The second-order valence-electron chi connectivity index (χ2n) is 5.29. The molecule has 0 aromatic heterocycles. The monoisotopic (exact) mass is 242 g/mol. The minimum Gasteiger partial charge on any atom is -0.371 e. The first-order valence-corrected chi connectivity index (χ1v) is 7.21.